The van der Waals surface area contributed by atoms with Crippen molar-refractivity contribution < 1.29 is 0 Å². The predicted molar refractivity (Wildman–Crippen MR) is 84.3 cm³/mol. The summed E-state index contributed by atoms with van der Waals surface area (Å²) in [6.45, 7) is 0. The molecule has 1 heteroatoms. The smallest absolute Gasteiger partial charge is 0.0890 e. The standard InChI is InChI=1S/C18H11B/c19-18-7-3-6-15-16(18)9-8-14-10-12-4-1-2-5-13(12)11-17(14)15/h1-11H. The number of fused-ring (bicyclic) bond motifs is 4. The first kappa shape index (κ1) is 10.6. The number of rotatable bonds is 0. The maximum Gasteiger partial charge on any atom is 0.114 e. The molecule has 0 N–H and O–H groups in total. The topological polar surface area (TPSA) is 0 Å². The molecule has 0 bridgehead atoms. The lowest BCUT2D eigenvalue weighted by atomic mass is 9.88. The fourth-order valence-corrected chi connectivity index (χ4v) is 2.81. The Hall–Kier alpha value is -2.28. The predicted octanol–water partition coefficient (Wildman–Crippen LogP) is 3.94. The van der Waals surface area contributed by atoms with E-state index in [-0.39, 0.29) is 0 Å². The molecule has 0 unspecified atom stereocenters. The highest BCUT2D eigenvalue weighted by molar-refractivity contribution is 6.39. The first-order chi connectivity index (χ1) is 9.33. The Kier molecular flexibility index (Phi) is 2.16. The minimum atomic E-state index is 0.840. The molecule has 0 aliphatic rings. The molecule has 0 spiro atoms. The molecule has 0 saturated heterocycles. The fourth-order valence-electron chi connectivity index (χ4n) is 2.81. The van der Waals surface area contributed by atoms with E-state index in [9.17, 15) is 0 Å². The third-order valence-corrected chi connectivity index (χ3v) is 3.78. The Balaban J connectivity index is 2.26. The molecule has 4 aromatic carbocycles. The zero-order valence-corrected chi connectivity index (χ0v) is 10.4. The molecule has 0 fully saturated rings. The van der Waals surface area contributed by atoms with Crippen molar-refractivity contribution in [3.8, 4) is 0 Å². The van der Waals surface area contributed by atoms with Gasteiger partial charge in [-0.25, -0.2) is 0 Å². The molecule has 86 valence electrons. The van der Waals surface area contributed by atoms with E-state index in [0.717, 1.165) is 10.8 Å². The summed E-state index contributed by atoms with van der Waals surface area (Å²) >= 11 is 0. The van der Waals surface area contributed by atoms with E-state index in [1.807, 2.05) is 12.1 Å². The second-order valence-corrected chi connectivity index (χ2v) is 4.93. The maximum atomic E-state index is 6.06. The normalized spacial score (nSPS) is 11.4. The summed E-state index contributed by atoms with van der Waals surface area (Å²) in [4.78, 5) is 0. The molecular weight excluding hydrogens is 227 g/mol. The van der Waals surface area contributed by atoms with Crippen molar-refractivity contribution in [1.29, 1.82) is 0 Å². The third-order valence-electron chi connectivity index (χ3n) is 3.78. The monoisotopic (exact) mass is 238 g/mol. The molecule has 0 amide bonds. The van der Waals surface area contributed by atoms with Crippen LogP contribution in [0.3, 0.4) is 0 Å². The Labute approximate surface area is 113 Å². The van der Waals surface area contributed by atoms with Gasteiger partial charge < -0.3 is 0 Å². The molecule has 0 atom stereocenters. The number of hydrogen-bond acceptors (Lipinski definition) is 0. The largest absolute Gasteiger partial charge is 0.114 e. The van der Waals surface area contributed by atoms with Gasteiger partial charge in [0.25, 0.3) is 0 Å². The molecule has 4 aromatic rings. The van der Waals surface area contributed by atoms with Crippen LogP contribution in [0, 0.1) is 0 Å². The lowest BCUT2D eigenvalue weighted by molar-refractivity contribution is 1.79. The van der Waals surface area contributed by atoms with Crippen molar-refractivity contribution in [2.75, 3.05) is 0 Å². The summed E-state index contributed by atoms with van der Waals surface area (Å²) in [7, 11) is 6.06. The van der Waals surface area contributed by atoms with Crippen LogP contribution < -0.4 is 5.46 Å². The van der Waals surface area contributed by atoms with E-state index >= 15 is 0 Å². The summed E-state index contributed by atoms with van der Waals surface area (Å²) in [6.07, 6.45) is 0. The molecular formula is C18H11B. The molecule has 19 heavy (non-hydrogen) atoms. The van der Waals surface area contributed by atoms with E-state index in [4.69, 9.17) is 7.85 Å². The van der Waals surface area contributed by atoms with Crippen LogP contribution in [-0.4, -0.2) is 7.85 Å². The Bertz CT molecular complexity index is 922. The van der Waals surface area contributed by atoms with Crippen LogP contribution in [0.2, 0.25) is 0 Å². The van der Waals surface area contributed by atoms with Crippen LogP contribution in [0.15, 0.2) is 66.7 Å². The average molecular weight is 238 g/mol. The summed E-state index contributed by atoms with van der Waals surface area (Å²) in [5.74, 6) is 0. The Morgan fingerprint density at radius 1 is 0.526 bits per heavy atom. The zero-order chi connectivity index (χ0) is 12.8. The van der Waals surface area contributed by atoms with Gasteiger partial charge in [-0.2, -0.15) is 0 Å². The van der Waals surface area contributed by atoms with Crippen molar-refractivity contribution in [1.82, 2.24) is 0 Å². The van der Waals surface area contributed by atoms with Crippen molar-refractivity contribution in [3.05, 3.63) is 66.7 Å². The summed E-state index contributed by atoms with van der Waals surface area (Å²) in [5, 5.41) is 7.43. The SMILES string of the molecule is [B]c1cccc2c1ccc1cc3ccccc3cc12. The maximum absolute atomic E-state index is 6.06. The van der Waals surface area contributed by atoms with Crippen LogP contribution in [-0.2, 0) is 0 Å². The summed E-state index contributed by atoms with van der Waals surface area (Å²) in [5.41, 5.74) is 0.840. The van der Waals surface area contributed by atoms with Crippen LogP contribution >= 0.6 is 0 Å². The first-order valence-corrected chi connectivity index (χ1v) is 6.43. The molecule has 0 nitrogen and oxygen atoms in total. The van der Waals surface area contributed by atoms with Gasteiger partial charge in [-0.15, -0.1) is 0 Å². The zero-order valence-electron chi connectivity index (χ0n) is 10.4. The molecule has 2 radical (unpaired) electrons. The highest BCUT2D eigenvalue weighted by Crippen LogP contribution is 2.28. The Morgan fingerprint density at radius 3 is 2.16 bits per heavy atom. The highest BCUT2D eigenvalue weighted by Gasteiger charge is 2.03. The summed E-state index contributed by atoms with van der Waals surface area (Å²) < 4.78 is 0. The third kappa shape index (κ3) is 1.55. The lowest BCUT2D eigenvalue weighted by Gasteiger charge is -2.08. The van der Waals surface area contributed by atoms with Gasteiger partial charge in [-0.3, -0.25) is 0 Å². The van der Waals surface area contributed by atoms with Gasteiger partial charge in [-0.1, -0.05) is 60.1 Å². The van der Waals surface area contributed by atoms with E-state index in [1.165, 1.54) is 26.9 Å². The lowest BCUT2D eigenvalue weighted by Crippen LogP contribution is -2.02. The van der Waals surface area contributed by atoms with Crippen LogP contribution in [0.5, 0.6) is 0 Å². The second-order valence-electron chi connectivity index (χ2n) is 4.93. The van der Waals surface area contributed by atoms with Gasteiger partial charge in [0.05, 0.1) is 0 Å². The van der Waals surface area contributed by atoms with Gasteiger partial charge in [0.2, 0.25) is 0 Å². The molecule has 0 heterocycles. The van der Waals surface area contributed by atoms with Gasteiger partial charge in [0, 0.05) is 0 Å². The molecule has 0 aliphatic heterocycles. The quantitative estimate of drug-likeness (QED) is 0.247. The van der Waals surface area contributed by atoms with Crippen LogP contribution in [0.4, 0.5) is 0 Å². The van der Waals surface area contributed by atoms with Crippen LogP contribution in [0.25, 0.3) is 32.3 Å². The van der Waals surface area contributed by atoms with Crippen molar-refractivity contribution in [3.63, 3.8) is 0 Å². The van der Waals surface area contributed by atoms with Crippen molar-refractivity contribution in [2.45, 2.75) is 0 Å². The molecule has 0 saturated carbocycles. The average Bonchev–Trinajstić information content (AvgIpc) is 2.45. The van der Waals surface area contributed by atoms with E-state index in [0.29, 0.717) is 0 Å². The van der Waals surface area contributed by atoms with E-state index in [2.05, 4.69) is 54.6 Å². The highest BCUT2D eigenvalue weighted by atomic mass is 14.1. The number of hydrogen-bond donors (Lipinski definition) is 0. The minimum Gasteiger partial charge on any atom is -0.0890 e. The van der Waals surface area contributed by atoms with Gasteiger partial charge >= 0.3 is 0 Å². The minimum absolute atomic E-state index is 0.840. The summed E-state index contributed by atoms with van der Waals surface area (Å²) in [6, 6.07) is 23.3. The molecule has 0 aliphatic carbocycles. The van der Waals surface area contributed by atoms with E-state index in [1.54, 1.807) is 0 Å². The second kappa shape index (κ2) is 3.86. The van der Waals surface area contributed by atoms with Gasteiger partial charge in [0.1, 0.15) is 7.85 Å². The van der Waals surface area contributed by atoms with Gasteiger partial charge in [0.15, 0.2) is 0 Å². The van der Waals surface area contributed by atoms with E-state index < -0.39 is 0 Å². The molecule has 4 rings (SSSR count). The molecule has 0 aromatic heterocycles. The Morgan fingerprint density at radius 2 is 1.32 bits per heavy atom. The van der Waals surface area contributed by atoms with Crippen molar-refractivity contribution >= 4 is 45.6 Å². The fraction of sp³-hybridized carbons (Fsp3) is 0. The van der Waals surface area contributed by atoms with Crippen molar-refractivity contribution in [2.24, 2.45) is 0 Å². The van der Waals surface area contributed by atoms with Gasteiger partial charge in [-0.05, 0) is 44.5 Å². The number of benzene rings is 4. The van der Waals surface area contributed by atoms with Crippen LogP contribution in [0.1, 0.15) is 0 Å². The first-order valence-electron chi connectivity index (χ1n) is 6.43.